The van der Waals surface area contributed by atoms with Crippen molar-refractivity contribution in [2.24, 2.45) is 5.41 Å². The van der Waals surface area contributed by atoms with E-state index in [-0.39, 0.29) is 32.8 Å². The second-order valence-electron chi connectivity index (χ2n) is 12.3. The van der Waals surface area contributed by atoms with Gasteiger partial charge in [-0.05, 0) is 54.9 Å². The maximum absolute atomic E-state index is 15.7. The van der Waals surface area contributed by atoms with Gasteiger partial charge in [0.25, 0.3) is 0 Å². The quantitative estimate of drug-likeness (QED) is 0.417. The maximum Gasteiger partial charge on any atom is 0.238 e. The smallest absolute Gasteiger partial charge is 0.238 e. The Hall–Kier alpha value is -2.26. The molecule has 2 aromatic rings. The molecule has 3 aliphatic rings. The number of fused-ring (bicyclic) bond motifs is 2. The lowest BCUT2D eigenvalue weighted by molar-refractivity contribution is -0.127. The Morgan fingerprint density at radius 1 is 1.13 bits per heavy atom. The molecule has 0 aromatic heterocycles. The van der Waals surface area contributed by atoms with Crippen molar-refractivity contribution in [2.75, 3.05) is 5.32 Å². The van der Waals surface area contributed by atoms with Crippen LogP contribution in [0.1, 0.15) is 64.0 Å². The Kier molecular flexibility index (Phi) is 6.58. The Bertz CT molecular complexity index is 1320. The summed E-state index contributed by atoms with van der Waals surface area (Å²) in [5.41, 5.74) is -2.37. The third-order valence-electron chi connectivity index (χ3n) is 8.04. The highest BCUT2D eigenvalue weighted by molar-refractivity contribution is 6.31. The molecule has 2 aliphatic heterocycles. The number of rotatable bonds is 4. The molecule has 2 fully saturated rings. The monoisotopic (exact) mass is 565 g/mol. The molecule has 2 amide bonds. The van der Waals surface area contributed by atoms with Gasteiger partial charge in [-0.15, -0.1) is 0 Å². The van der Waals surface area contributed by atoms with Crippen LogP contribution in [-0.2, 0) is 15.0 Å². The van der Waals surface area contributed by atoms with Gasteiger partial charge in [-0.3, -0.25) is 9.59 Å². The third kappa shape index (κ3) is 4.30. The molecule has 0 unspecified atom stereocenters. The van der Waals surface area contributed by atoms with Gasteiger partial charge in [-0.2, -0.15) is 0 Å². The molecule has 10 heteroatoms. The van der Waals surface area contributed by atoms with Crippen molar-refractivity contribution < 1.29 is 23.5 Å². The van der Waals surface area contributed by atoms with E-state index in [1.54, 1.807) is 19.1 Å². The van der Waals surface area contributed by atoms with Gasteiger partial charge < -0.3 is 21.1 Å². The number of hydrogen-bond acceptors (Lipinski definition) is 4. The van der Waals surface area contributed by atoms with Gasteiger partial charge in [0, 0.05) is 18.0 Å². The van der Waals surface area contributed by atoms with Crippen LogP contribution in [0.2, 0.25) is 10.0 Å². The molecular weight excluding hydrogens is 535 g/mol. The van der Waals surface area contributed by atoms with Crippen LogP contribution in [0.4, 0.5) is 14.5 Å². The Morgan fingerprint density at radius 2 is 1.79 bits per heavy atom. The standard InChI is InChI=1S/C28H31Cl2F2N3O3/c1-26(2,3)12-18-28(15-8-9-17(30)21(32)22(15)35-25(28)37)19(14-6-5-7-16(29)20(14)31)23(34-18)24(36)33-13-10-27(4,38)11-13/h5-9,13,18-19,23,34,38H,10-12H2,1-4H3,(H,33,36)(H,35,37)/t13?,18-,19-,23+,27?,28-/m0/s1. The molecule has 204 valence electrons. The molecule has 1 aliphatic carbocycles. The second kappa shape index (κ2) is 9.15. The van der Waals surface area contributed by atoms with Gasteiger partial charge in [0.2, 0.25) is 11.8 Å². The average molecular weight is 566 g/mol. The van der Waals surface area contributed by atoms with Crippen LogP contribution in [0.25, 0.3) is 0 Å². The zero-order valence-corrected chi connectivity index (χ0v) is 23.1. The first-order chi connectivity index (χ1) is 17.7. The Morgan fingerprint density at radius 3 is 2.42 bits per heavy atom. The van der Waals surface area contributed by atoms with Gasteiger partial charge in [-0.1, -0.05) is 62.2 Å². The summed E-state index contributed by atoms with van der Waals surface area (Å²) in [5, 5.41) is 18.8. The van der Waals surface area contributed by atoms with Gasteiger partial charge >= 0.3 is 0 Å². The van der Waals surface area contributed by atoms with Crippen LogP contribution in [0.3, 0.4) is 0 Å². The molecule has 6 nitrogen and oxygen atoms in total. The van der Waals surface area contributed by atoms with Crippen molar-refractivity contribution in [1.29, 1.82) is 0 Å². The fourth-order valence-electron chi connectivity index (χ4n) is 6.58. The number of hydrogen-bond donors (Lipinski definition) is 4. The molecule has 0 bridgehead atoms. The third-order valence-corrected chi connectivity index (χ3v) is 8.63. The van der Waals surface area contributed by atoms with E-state index in [0.29, 0.717) is 24.8 Å². The number of aliphatic hydroxyl groups is 1. The molecule has 0 radical (unpaired) electrons. The predicted octanol–water partition coefficient (Wildman–Crippen LogP) is 5.05. The van der Waals surface area contributed by atoms with E-state index < -0.39 is 52.5 Å². The lowest BCUT2D eigenvalue weighted by Gasteiger charge is -2.42. The molecule has 2 heterocycles. The number of benzene rings is 2. The first-order valence-electron chi connectivity index (χ1n) is 12.7. The summed E-state index contributed by atoms with van der Waals surface area (Å²) in [4.78, 5) is 27.8. The summed E-state index contributed by atoms with van der Waals surface area (Å²) in [5.74, 6) is -3.55. The van der Waals surface area contributed by atoms with E-state index >= 15 is 8.78 Å². The zero-order valence-electron chi connectivity index (χ0n) is 21.6. The number of nitrogens with one attached hydrogen (secondary N) is 3. The van der Waals surface area contributed by atoms with E-state index in [4.69, 9.17) is 23.2 Å². The largest absolute Gasteiger partial charge is 0.390 e. The first-order valence-corrected chi connectivity index (χ1v) is 13.4. The Labute approximate surface area is 230 Å². The molecule has 1 spiro atoms. The minimum atomic E-state index is -1.54. The van der Waals surface area contributed by atoms with Crippen molar-refractivity contribution in [3.8, 4) is 0 Å². The molecule has 4 atom stereocenters. The van der Waals surface area contributed by atoms with Crippen LogP contribution >= 0.6 is 23.2 Å². The normalized spacial score (nSPS) is 32.2. The zero-order chi connectivity index (χ0) is 27.8. The van der Waals surface area contributed by atoms with Gasteiger partial charge in [0.05, 0.1) is 27.4 Å². The van der Waals surface area contributed by atoms with Crippen LogP contribution in [0, 0.1) is 17.0 Å². The van der Waals surface area contributed by atoms with Crippen molar-refractivity contribution in [3.63, 3.8) is 0 Å². The molecule has 5 rings (SSSR count). The average Bonchev–Trinajstić information content (AvgIpc) is 3.27. The SMILES string of the molecule is CC(C)(C)C[C@@H]1N[C@@H](C(=O)NC2CC(C)(O)C2)[C@H](c2cccc(Cl)c2F)[C@@]12C(=O)Nc1c2ccc(Cl)c1F. The molecule has 2 aromatic carbocycles. The highest BCUT2D eigenvalue weighted by atomic mass is 35.5. The van der Waals surface area contributed by atoms with Gasteiger partial charge in [0.15, 0.2) is 5.82 Å². The fourth-order valence-corrected chi connectivity index (χ4v) is 6.91. The van der Waals surface area contributed by atoms with Crippen molar-refractivity contribution in [3.05, 3.63) is 63.1 Å². The van der Waals surface area contributed by atoms with E-state index in [2.05, 4.69) is 16.0 Å². The number of anilines is 1. The minimum Gasteiger partial charge on any atom is -0.390 e. The number of amides is 2. The van der Waals surface area contributed by atoms with Gasteiger partial charge in [-0.25, -0.2) is 8.78 Å². The highest BCUT2D eigenvalue weighted by Gasteiger charge is 2.66. The molecule has 1 saturated heterocycles. The molecular formula is C28H31Cl2F2N3O3. The summed E-state index contributed by atoms with van der Waals surface area (Å²) in [6, 6.07) is 5.47. The lowest BCUT2D eigenvalue weighted by Crippen LogP contribution is -2.57. The minimum absolute atomic E-state index is 0.0632. The van der Waals surface area contributed by atoms with E-state index in [9.17, 15) is 14.7 Å². The summed E-state index contributed by atoms with van der Waals surface area (Å²) in [6.45, 7) is 7.69. The van der Waals surface area contributed by atoms with E-state index in [1.807, 2.05) is 20.8 Å². The van der Waals surface area contributed by atoms with E-state index in [0.717, 1.165) is 0 Å². The fraction of sp³-hybridized carbons (Fsp3) is 0.500. The lowest BCUT2D eigenvalue weighted by atomic mass is 9.62. The Balaban J connectivity index is 1.71. The molecule has 38 heavy (non-hydrogen) atoms. The topological polar surface area (TPSA) is 90.5 Å². The summed E-state index contributed by atoms with van der Waals surface area (Å²) >= 11 is 12.2. The van der Waals surface area contributed by atoms with Crippen LogP contribution in [-0.4, -0.2) is 40.6 Å². The van der Waals surface area contributed by atoms with Crippen LogP contribution in [0.5, 0.6) is 0 Å². The maximum atomic E-state index is 15.7. The summed E-state index contributed by atoms with van der Waals surface area (Å²) in [6.07, 6.45) is 1.18. The van der Waals surface area contributed by atoms with Crippen LogP contribution < -0.4 is 16.0 Å². The highest BCUT2D eigenvalue weighted by Crippen LogP contribution is 2.57. The van der Waals surface area contributed by atoms with Gasteiger partial charge in [0.1, 0.15) is 11.2 Å². The first kappa shape index (κ1) is 27.3. The van der Waals surface area contributed by atoms with Crippen molar-refractivity contribution in [1.82, 2.24) is 10.6 Å². The number of halogens is 4. The molecule has 1 saturated carbocycles. The van der Waals surface area contributed by atoms with Crippen LogP contribution in [0.15, 0.2) is 30.3 Å². The second-order valence-corrected chi connectivity index (χ2v) is 13.1. The molecule has 4 N–H and O–H groups in total. The van der Waals surface area contributed by atoms with Crippen molar-refractivity contribution in [2.45, 2.75) is 82.0 Å². The number of carbonyl (C=O) groups is 2. The van der Waals surface area contributed by atoms with Crippen molar-refractivity contribution >= 4 is 40.7 Å². The predicted molar refractivity (Wildman–Crippen MR) is 142 cm³/mol. The van der Waals surface area contributed by atoms with E-state index in [1.165, 1.54) is 18.2 Å². The summed E-state index contributed by atoms with van der Waals surface area (Å²) in [7, 11) is 0. The number of carbonyl (C=O) groups excluding carboxylic acids is 2. The summed E-state index contributed by atoms with van der Waals surface area (Å²) < 4.78 is 31.0.